The van der Waals surface area contributed by atoms with Crippen molar-refractivity contribution in [2.75, 3.05) is 6.79 Å². The molecule has 2 amide bonds. The highest BCUT2D eigenvalue weighted by Gasteiger charge is 2.31. The lowest BCUT2D eigenvalue weighted by molar-refractivity contribution is -0.141. The van der Waals surface area contributed by atoms with Crippen molar-refractivity contribution in [1.29, 1.82) is 0 Å². The molecule has 0 fully saturated rings. The van der Waals surface area contributed by atoms with Crippen molar-refractivity contribution in [2.45, 2.75) is 51.7 Å². The van der Waals surface area contributed by atoms with E-state index < -0.39 is 6.04 Å². The maximum atomic E-state index is 13.7. The second-order valence-electron chi connectivity index (χ2n) is 9.17. The number of fused-ring (bicyclic) bond motifs is 1. The Labute approximate surface area is 217 Å². The Morgan fingerprint density at radius 3 is 2.42 bits per heavy atom. The first-order valence-electron chi connectivity index (χ1n) is 12.2. The van der Waals surface area contributed by atoms with E-state index in [1.165, 1.54) is 0 Å². The summed E-state index contributed by atoms with van der Waals surface area (Å²) in [7, 11) is 0. The van der Waals surface area contributed by atoms with Gasteiger partial charge in [0.25, 0.3) is 0 Å². The number of aryl methyl sites for hydroxylation is 1. The summed E-state index contributed by atoms with van der Waals surface area (Å²) in [5.74, 6) is 1.09. The second-order valence-corrected chi connectivity index (χ2v) is 9.58. The van der Waals surface area contributed by atoms with E-state index in [0.717, 1.165) is 16.7 Å². The van der Waals surface area contributed by atoms with Crippen LogP contribution >= 0.6 is 11.6 Å². The third kappa shape index (κ3) is 6.58. The third-order valence-corrected chi connectivity index (χ3v) is 6.43. The van der Waals surface area contributed by atoms with Gasteiger partial charge in [-0.2, -0.15) is 0 Å². The molecule has 0 aliphatic carbocycles. The summed E-state index contributed by atoms with van der Waals surface area (Å²) < 4.78 is 10.9. The Balaban J connectivity index is 1.60. The number of nitrogens with one attached hydrogen (secondary N) is 1. The molecule has 4 rings (SSSR count). The molecule has 1 heterocycles. The summed E-state index contributed by atoms with van der Waals surface area (Å²) in [6.45, 7) is 4.27. The normalized spacial score (nSPS) is 12.9. The molecule has 1 atom stereocenters. The maximum absolute atomic E-state index is 13.7. The van der Waals surface area contributed by atoms with Crippen LogP contribution in [0, 0.1) is 0 Å². The van der Waals surface area contributed by atoms with Crippen LogP contribution < -0.4 is 14.8 Å². The number of rotatable bonds is 10. The molecular weight excluding hydrogens is 476 g/mol. The summed E-state index contributed by atoms with van der Waals surface area (Å²) >= 11 is 6.46. The zero-order valence-corrected chi connectivity index (χ0v) is 21.3. The lowest BCUT2D eigenvalue weighted by Crippen LogP contribution is -2.51. The van der Waals surface area contributed by atoms with Crippen LogP contribution in [0.1, 0.15) is 37.0 Å². The number of ether oxygens (including phenoxy) is 2. The van der Waals surface area contributed by atoms with Gasteiger partial charge in [0, 0.05) is 30.5 Å². The lowest BCUT2D eigenvalue weighted by Gasteiger charge is -2.32. The molecule has 1 unspecified atom stereocenters. The van der Waals surface area contributed by atoms with Crippen molar-refractivity contribution in [3.05, 3.63) is 94.5 Å². The lowest BCUT2D eigenvalue weighted by atomic mass is 10.0. The van der Waals surface area contributed by atoms with Crippen molar-refractivity contribution >= 4 is 23.4 Å². The average molecular weight is 507 g/mol. The van der Waals surface area contributed by atoms with Gasteiger partial charge in [-0.15, -0.1) is 0 Å². The predicted octanol–water partition coefficient (Wildman–Crippen LogP) is 5.17. The SMILES string of the molecule is CC(C)NC(=O)C(Cc1ccccc1)N(Cc1ccccc1Cl)C(=O)CCc1ccc2c(c1)OCO2. The fourth-order valence-corrected chi connectivity index (χ4v) is 4.43. The zero-order chi connectivity index (χ0) is 25.5. The largest absolute Gasteiger partial charge is 0.454 e. The zero-order valence-electron chi connectivity index (χ0n) is 20.6. The van der Waals surface area contributed by atoms with Crippen LogP contribution in [0.3, 0.4) is 0 Å². The Bertz CT molecular complexity index is 1200. The van der Waals surface area contributed by atoms with Crippen molar-refractivity contribution < 1.29 is 19.1 Å². The van der Waals surface area contributed by atoms with E-state index in [1.807, 2.05) is 80.6 Å². The van der Waals surface area contributed by atoms with E-state index in [4.69, 9.17) is 21.1 Å². The number of carbonyl (C=O) groups is 2. The highest BCUT2D eigenvalue weighted by molar-refractivity contribution is 6.31. The number of carbonyl (C=O) groups excluding carboxylic acids is 2. The first-order valence-corrected chi connectivity index (χ1v) is 12.5. The van der Waals surface area contributed by atoms with E-state index >= 15 is 0 Å². The first-order chi connectivity index (χ1) is 17.4. The van der Waals surface area contributed by atoms with Gasteiger partial charge in [-0.25, -0.2) is 0 Å². The van der Waals surface area contributed by atoms with E-state index in [0.29, 0.717) is 29.4 Å². The van der Waals surface area contributed by atoms with Crippen LogP contribution in [0.15, 0.2) is 72.8 Å². The van der Waals surface area contributed by atoms with Crippen molar-refractivity contribution in [3.8, 4) is 11.5 Å². The van der Waals surface area contributed by atoms with E-state index in [1.54, 1.807) is 11.0 Å². The fourth-order valence-electron chi connectivity index (χ4n) is 4.24. The summed E-state index contributed by atoms with van der Waals surface area (Å²) in [4.78, 5) is 28.8. The van der Waals surface area contributed by atoms with Crippen molar-refractivity contribution in [3.63, 3.8) is 0 Å². The van der Waals surface area contributed by atoms with Crippen LogP contribution in [-0.2, 0) is 29.0 Å². The van der Waals surface area contributed by atoms with Crippen LogP contribution in [-0.4, -0.2) is 35.6 Å². The Kier molecular flexibility index (Phi) is 8.49. The minimum absolute atomic E-state index is 0.0540. The molecule has 0 saturated heterocycles. The Morgan fingerprint density at radius 1 is 0.944 bits per heavy atom. The average Bonchev–Trinajstić information content (AvgIpc) is 3.34. The molecule has 0 aromatic heterocycles. The summed E-state index contributed by atoms with van der Waals surface area (Å²) in [6.07, 6.45) is 1.16. The second kappa shape index (κ2) is 12.0. The van der Waals surface area contributed by atoms with Crippen LogP contribution in [0.25, 0.3) is 0 Å². The Hall–Kier alpha value is -3.51. The van der Waals surface area contributed by atoms with Gasteiger partial charge in [0.15, 0.2) is 11.5 Å². The standard InChI is InChI=1S/C29H31ClN2O4/c1-20(2)31-29(34)25(16-21-8-4-3-5-9-21)32(18-23-10-6-7-11-24(23)30)28(33)15-13-22-12-14-26-27(17-22)36-19-35-26/h3-12,14,17,20,25H,13,15-16,18-19H2,1-2H3,(H,31,34). The summed E-state index contributed by atoms with van der Waals surface area (Å²) in [5, 5.41) is 3.57. The minimum Gasteiger partial charge on any atom is -0.454 e. The fraction of sp³-hybridized carbons (Fsp3) is 0.310. The van der Waals surface area contributed by atoms with Gasteiger partial charge in [0.1, 0.15) is 6.04 Å². The molecule has 0 saturated carbocycles. The monoisotopic (exact) mass is 506 g/mol. The van der Waals surface area contributed by atoms with Gasteiger partial charge in [0.05, 0.1) is 0 Å². The van der Waals surface area contributed by atoms with Crippen LogP contribution in [0.4, 0.5) is 0 Å². The molecule has 7 heteroatoms. The molecule has 1 aliphatic rings. The molecule has 36 heavy (non-hydrogen) atoms. The third-order valence-electron chi connectivity index (χ3n) is 6.07. The number of halogens is 1. The molecule has 3 aromatic carbocycles. The number of hydrogen-bond acceptors (Lipinski definition) is 4. The van der Waals surface area contributed by atoms with Gasteiger partial charge in [-0.3, -0.25) is 9.59 Å². The summed E-state index contributed by atoms with van der Waals surface area (Å²) in [6, 6.07) is 22.1. The molecule has 6 nitrogen and oxygen atoms in total. The van der Waals surface area contributed by atoms with Gasteiger partial charge in [0.2, 0.25) is 18.6 Å². The van der Waals surface area contributed by atoms with Crippen LogP contribution in [0.5, 0.6) is 11.5 Å². The molecule has 1 N–H and O–H groups in total. The van der Waals surface area contributed by atoms with Gasteiger partial charge in [-0.05, 0) is 55.2 Å². The van der Waals surface area contributed by atoms with Crippen molar-refractivity contribution in [2.24, 2.45) is 0 Å². The smallest absolute Gasteiger partial charge is 0.243 e. The van der Waals surface area contributed by atoms with Gasteiger partial charge < -0.3 is 19.7 Å². The molecule has 0 bridgehead atoms. The van der Waals surface area contributed by atoms with E-state index in [-0.39, 0.29) is 37.6 Å². The van der Waals surface area contributed by atoms with Crippen molar-refractivity contribution in [1.82, 2.24) is 10.2 Å². The quantitative estimate of drug-likeness (QED) is 0.412. The molecule has 1 aliphatic heterocycles. The first kappa shape index (κ1) is 25.6. The molecule has 3 aromatic rings. The Morgan fingerprint density at radius 2 is 1.67 bits per heavy atom. The minimum atomic E-state index is -0.685. The van der Waals surface area contributed by atoms with E-state index in [9.17, 15) is 9.59 Å². The molecule has 0 radical (unpaired) electrons. The maximum Gasteiger partial charge on any atom is 0.243 e. The van der Waals surface area contributed by atoms with Gasteiger partial charge in [-0.1, -0.05) is 66.2 Å². The highest BCUT2D eigenvalue weighted by Crippen LogP contribution is 2.33. The number of benzene rings is 3. The van der Waals surface area contributed by atoms with Crippen LogP contribution in [0.2, 0.25) is 5.02 Å². The topological polar surface area (TPSA) is 67.9 Å². The highest BCUT2D eigenvalue weighted by atomic mass is 35.5. The van der Waals surface area contributed by atoms with E-state index in [2.05, 4.69) is 5.32 Å². The number of hydrogen-bond donors (Lipinski definition) is 1. The summed E-state index contributed by atoms with van der Waals surface area (Å²) in [5.41, 5.74) is 2.75. The molecular formula is C29H31ClN2O4. The molecule has 0 spiro atoms. The predicted molar refractivity (Wildman–Crippen MR) is 140 cm³/mol. The number of nitrogens with zero attached hydrogens (tertiary/aromatic N) is 1. The number of amides is 2. The molecule has 188 valence electrons. The van der Waals surface area contributed by atoms with Gasteiger partial charge >= 0.3 is 0 Å².